The summed E-state index contributed by atoms with van der Waals surface area (Å²) in [6, 6.07) is 3.89. The van der Waals surface area contributed by atoms with Crippen LogP contribution in [-0.2, 0) is 12.8 Å². The zero-order valence-electron chi connectivity index (χ0n) is 14.0. The van der Waals surface area contributed by atoms with Gasteiger partial charge in [-0.1, -0.05) is 11.8 Å². The van der Waals surface area contributed by atoms with Gasteiger partial charge in [-0.2, -0.15) is 11.8 Å². The first-order valence-corrected chi connectivity index (χ1v) is 10.5. The van der Waals surface area contributed by atoms with Crippen LogP contribution in [0.4, 0.5) is 0 Å². The molecule has 1 saturated carbocycles. The summed E-state index contributed by atoms with van der Waals surface area (Å²) in [7, 11) is 2.02. The Bertz CT molecular complexity index is 675. The first kappa shape index (κ1) is 17.5. The lowest BCUT2D eigenvalue weighted by Crippen LogP contribution is -2.38. The average molecular weight is 366 g/mol. The minimum atomic E-state index is -0.0949. The largest absolute Gasteiger partial charge is 0.455 e. The van der Waals surface area contributed by atoms with Crippen LogP contribution in [0.15, 0.2) is 34.1 Å². The van der Waals surface area contributed by atoms with Crippen LogP contribution < -0.4 is 5.32 Å². The second-order valence-electron chi connectivity index (χ2n) is 6.08. The molecule has 3 rings (SSSR count). The van der Waals surface area contributed by atoms with Gasteiger partial charge < -0.3 is 14.3 Å². The van der Waals surface area contributed by atoms with Crippen molar-refractivity contribution in [3.63, 3.8) is 0 Å². The molecule has 24 heavy (non-hydrogen) atoms. The van der Waals surface area contributed by atoms with E-state index in [4.69, 9.17) is 4.42 Å². The van der Waals surface area contributed by atoms with Gasteiger partial charge in [0, 0.05) is 30.7 Å². The molecule has 0 aromatic carbocycles. The van der Waals surface area contributed by atoms with E-state index in [2.05, 4.69) is 14.9 Å². The van der Waals surface area contributed by atoms with Crippen LogP contribution in [0.5, 0.6) is 0 Å². The molecular weight excluding hydrogens is 342 g/mol. The van der Waals surface area contributed by atoms with Gasteiger partial charge in [-0.15, -0.1) is 0 Å². The van der Waals surface area contributed by atoms with Crippen molar-refractivity contribution in [2.75, 3.05) is 6.26 Å². The van der Waals surface area contributed by atoms with Crippen LogP contribution in [-0.4, -0.2) is 33.0 Å². The van der Waals surface area contributed by atoms with E-state index >= 15 is 0 Å². The SMILES string of the molecule is CSCc1ccc(C(=O)NC2CCC(Sc3nccn3C)CC2)o1. The number of nitrogens with one attached hydrogen (secondary N) is 1. The number of rotatable bonds is 6. The maximum absolute atomic E-state index is 12.3. The third kappa shape index (κ3) is 4.39. The highest BCUT2D eigenvalue weighted by Gasteiger charge is 2.25. The van der Waals surface area contributed by atoms with E-state index in [1.54, 1.807) is 17.8 Å². The van der Waals surface area contributed by atoms with Gasteiger partial charge in [0.15, 0.2) is 10.9 Å². The van der Waals surface area contributed by atoms with Gasteiger partial charge in [0.25, 0.3) is 5.91 Å². The minimum Gasteiger partial charge on any atom is -0.455 e. The molecule has 130 valence electrons. The Hall–Kier alpha value is -1.34. The number of carbonyl (C=O) groups excluding carboxylic acids is 1. The lowest BCUT2D eigenvalue weighted by atomic mass is 9.95. The number of amides is 1. The van der Waals surface area contributed by atoms with Crippen LogP contribution >= 0.6 is 23.5 Å². The van der Waals surface area contributed by atoms with E-state index < -0.39 is 0 Å². The van der Waals surface area contributed by atoms with Gasteiger partial charge in [-0.25, -0.2) is 4.98 Å². The van der Waals surface area contributed by atoms with Gasteiger partial charge >= 0.3 is 0 Å². The van der Waals surface area contributed by atoms with Crippen molar-refractivity contribution in [2.45, 2.75) is 47.9 Å². The molecule has 5 nitrogen and oxygen atoms in total. The highest BCUT2D eigenvalue weighted by atomic mass is 32.2. The molecule has 0 aliphatic heterocycles. The van der Waals surface area contributed by atoms with E-state index in [1.807, 2.05) is 43.5 Å². The summed E-state index contributed by atoms with van der Waals surface area (Å²) in [6.07, 6.45) is 10.0. The predicted molar refractivity (Wildman–Crippen MR) is 98.5 cm³/mol. The molecule has 1 aliphatic rings. The first-order chi connectivity index (χ1) is 11.7. The van der Waals surface area contributed by atoms with Gasteiger partial charge in [-0.05, 0) is 44.1 Å². The quantitative estimate of drug-likeness (QED) is 0.846. The van der Waals surface area contributed by atoms with Crippen LogP contribution in [0.25, 0.3) is 0 Å². The molecule has 0 spiro atoms. The number of aromatic nitrogens is 2. The van der Waals surface area contributed by atoms with Crippen molar-refractivity contribution in [3.05, 3.63) is 36.0 Å². The van der Waals surface area contributed by atoms with E-state index in [9.17, 15) is 4.79 Å². The first-order valence-electron chi connectivity index (χ1n) is 8.18. The van der Waals surface area contributed by atoms with E-state index in [0.717, 1.165) is 42.4 Å². The lowest BCUT2D eigenvalue weighted by molar-refractivity contribution is 0.0898. The molecule has 2 aromatic rings. The Morgan fingerprint density at radius 1 is 1.38 bits per heavy atom. The van der Waals surface area contributed by atoms with Crippen molar-refractivity contribution in [1.82, 2.24) is 14.9 Å². The van der Waals surface area contributed by atoms with Crippen molar-refractivity contribution >= 4 is 29.4 Å². The predicted octanol–water partition coefficient (Wildman–Crippen LogP) is 3.71. The molecular formula is C17H23N3O2S2. The highest BCUT2D eigenvalue weighted by Crippen LogP contribution is 2.32. The zero-order chi connectivity index (χ0) is 16.9. The number of furan rings is 1. The Labute approximate surface area is 151 Å². The monoisotopic (exact) mass is 365 g/mol. The number of nitrogens with zero attached hydrogens (tertiary/aromatic N) is 2. The third-order valence-electron chi connectivity index (χ3n) is 4.23. The molecule has 0 radical (unpaired) electrons. The number of hydrogen-bond donors (Lipinski definition) is 1. The Balaban J connectivity index is 1.46. The molecule has 0 unspecified atom stereocenters. The molecule has 1 fully saturated rings. The maximum atomic E-state index is 12.3. The molecule has 1 N–H and O–H groups in total. The second-order valence-corrected chi connectivity index (χ2v) is 8.22. The van der Waals surface area contributed by atoms with Crippen molar-refractivity contribution in [1.29, 1.82) is 0 Å². The van der Waals surface area contributed by atoms with Gasteiger partial charge in [0.2, 0.25) is 0 Å². The Morgan fingerprint density at radius 3 is 2.83 bits per heavy atom. The third-order valence-corrected chi connectivity index (χ3v) is 6.21. The molecule has 0 saturated heterocycles. The summed E-state index contributed by atoms with van der Waals surface area (Å²) in [5, 5.41) is 4.76. The summed E-state index contributed by atoms with van der Waals surface area (Å²) in [4.78, 5) is 16.7. The Kier molecular flexibility index (Phi) is 5.94. The van der Waals surface area contributed by atoms with Crippen LogP contribution in [0.2, 0.25) is 0 Å². The maximum Gasteiger partial charge on any atom is 0.287 e. The van der Waals surface area contributed by atoms with Crippen LogP contribution in [0.1, 0.15) is 42.0 Å². The fourth-order valence-corrected chi connectivity index (χ4v) is 4.51. The van der Waals surface area contributed by atoms with Gasteiger partial charge in [-0.3, -0.25) is 4.79 Å². The molecule has 1 aliphatic carbocycles. The number of hydrogen-bond acceptors (Lipinski definition) is 5. The van der Waals surface area contributed by atoms with E-state index in [-0.39, 0.29) is 11.9 Å². The molecule has 0 atom stereocenters. The van der Waals surface area contributed by atoms with Gasteiger partial charge in [0.1, 0.15) is 5.76 Å². The summed E-state index contributed by atoms with van der Waals surface area (Å²) in [6.45, 7) is 0. The molecule has 2 aromatic heterocycles. The fourth-order valence-electron chi connectivity index (χ4n) is 2.92. The zero-order valence-corrected chi connectivity index (χ0v) is 15.7. The van der Waals surface area contributed by atoms with E-state index in [1.165, 1.54) is 0 Å². The molecule has 7 heteroatoms. The summed E-state index contributed by atoms with van der Waals surface area (Å²) >= 11 is 3.53. The average Bonchev–Trinajstić information content (AvgIpc) is 3.20. The van der Waals surface area contributed by atoms with Crippen molar-refractivity contribution in [3.8, 4) is 0 Å². The summed E-state index contributed by atoms with van der Waals surface area (Å²) < 4.78 is 7.64. The number of aryl methyl sites for hydroxylation is 1. The number of thioether (sulfide) groups is 2. The summed E-state index contributed by atoms with van der Waals surface area (Å²) in [5.74, 6) is 1.97. The lowest BCUT2D eigenvalue weighted by Gasteiger charge is -2.28. The standard InChI is InChI=1S/C17H23N3O2S2/c1-20-10-9-18-17(20)24-14-6-3-12(4-7-14)19-16(21)15-8-5-13(22-15)11-23-2/h5,8-10,12,14H,3-4,6-7,11H2,1-2H3,(H,19,21). The van der Waals surface area contributed by atoms with E-state index in [0.29, 0.717) is 11.0 Å². The van der Waals surface area contributed by atoms with Crippen molar-refractivity contribution in [2.24, 2.45) is 7.05 Å². The topological polar surface area (TPSA) is 60.1 Å². The van der Waals surface area contributed by atoms with Crippen molar-refractivity contribution < 1.29 is 9.21 Å². The van der Waals surface area contributed by atoms with Crippen LogP contribution in [0.3, 0.4) is 0 Å². The normalized spacial score (nSPS) is 20.9. The van der Waals surface area contributed by atoms with Gasteiger partial charge in [0.05, 0.1) is 5.75 Å². The minimum absolute atomic E-state index is 0.0949. The number of carbonyl (C=O) groups is 1. The molecule has 1 amide bonds. The molecule has 0 bridgehead atoms. The smallest absolute Gasteiger partial charge is 0.287 e. The molecule has 2 heterocycles. The highest BCUT2D eigenvalue weighted by molar-refractivity contribution is 7.99. The summed E-state index contributed by atoms with van der Waals surface area (Å²) in [5.41, 5.74) is 0. The fraction of sp³-hybridized carbons (Fsp3) is 0.529. The van der Waals surface area contributed by atoms with Crippen LogP contribution in [0, 0.1) is 0 Å². The Morgan fingerprint density at radius 2 is 2.17 bits per heavy atom. The second kappa shape index (κ2) is 8.16. The number of imidazole rings is 1.